The maximum absolute atomic E-state index is 6.32. The van der Waals surface area contributed by atoms with Crippen LogP contribution in [0.15, 0.2) is 108 Å². The molecule has 0 aromatic heterocycles. The molecule has 0 aromatic carbocycles. The van der Waals surface area contributed by atoms with E-state index in [-0.39, 0.29) is 11.3 Å². The summed E-state index contributed by atoms with van der Waals surface area (Å²) in [6, 6.07) is 0. The predicted molar refractivity (Wildman–Crippen MR) is 125 cm³/mol. The van der Waals surface area contributed by atoms with E-state index < -0.39 is 0 Å². The molecule has 1 rings (SSSR count). The second kappa shape index (κ2) is 10.7. The molecule has 0 N–H and O–H groups in total. The zero-order valence-corrected chi connectivity index (χ0v) is 18.5. The largest absolute Gasteiger partial charge is 0.457 e. The summed E-state index contributed by atoms with van der Waals surface area (Å²) < 4.78 is 6.32. The second-order valence-electron chi connectivity index (χ2n) is 7.72. The van der Waals surface area contributed by atoms with Crippen molar-refractivity contribution in [1.82, 2.24) is 0 Å². The fourth-order valence-corrected chi connectivity index (χ4v) is 3.16. The van der Waals surface area contributed by atoms with Gasteiger partial charge in [0.2, 0.25) is 0 Å². The molecule has 150 valence electrons. The average Bonchev–Trinajstić information content (AvgIpc) is 2.69. The number of allylic oxidation sites excluding steroid dienone is 12. The van der Waals surface area contributed by atoms with Crippen LogP contribution in [0.2, 0.25) is 0 Å². The molecule has 28 heavy (non-hydrogen) atoms. The van der Waals surface area contributed by atoms with Crippen LogP contribution in [0, 0.1) is 11.3 Å². The summed E-state index contributed by atoms with van der Waals surface area (Å²) in [5, 5.41) is 0. The van der Waals surface area contributed by atoms with Gasteiger partial charge in [-0.15, -0.1) is 0 Å². The molecule has 0 radical (unpaired) electrons. The third-order valence-electron chi connectivity index (χ3n) is 5.01. The van der Waals surface area contributed by atoms with Crippen molar-refractivity contribution in [2.75, 3.05) is 0 Å². The van der Waals surface area contributed by atoms with E-state index in [1.165, 1.54) is 5.57 Å². The highest BCUT2D eigenvalue weighted by atomic mass is 16.5. The van der Waals surface area contributed by atoms with Crippen molar-refractivity contribution in [3.05, 3.63) is 108 Å². The maximum atomic E-state index is 6.32. The highest BCUT2D eigenvalue weighted by molar-refractivity contribution is 5.54. The monoisotopic (exact) mass is 376 g/mol. The molecule has 0 saturated heterocycles. The van der Waals surface area contributed by atoms with Crippen molar-refractivity contribution in [2.45, 2.75) is 48.0 Å². The molecule has 1 nitrogen and oxygen atoms in total. The standard InChI is InChI=1S/C27H36O/c1-10-13-16-25-22(6)20(4)17-18-24(27(8,9)19-14-11-2)26(23(7)28-25)21(5)15-12-3/h10,12-20H,1,3,7,11H2,2,4-6,8-9H3/b16-13-,18-17-,19-14+,21-15+,25-22-,26-24+. The van der Waals surface area contributed by atoms with E-state index in [1.54, 1.807) is 12.2 Å². The molecule has 1 aliphatic rings. The van der Waals surface area contributed by atoms with E-state index in [2.05, 4.69) is 85.6 Å². The summed E-state index contributed by atoms with van der Waals surface area (Å²) in [6.45, 7) is 24.9. The Morgan fingerprint density at radius 2 is 1.93 bits per heavy atom. The molecule has 1 aliphatic heterocycles. The van der Waals surface area contributed by atoms with Gasteiger partial charge in [-0.1, -0.05) is 96.0 Å². The molecule has 0 bridgehead atoms. The van der Waals surface area contributed by atoms with Gasteiger partial charge in [0.1, 0.15) is 11.5 Å². The molecule has 1 heteroatoms. The summed E-state index contributed by atoms with van der Waals surface area (Å²) in [5.41, 5.74) is 4.28. The average molecular weight is 377 g/mol. The van der Waals surface area contributed by atoms with E-state index in [0.717, 1.165) is 28.9 Å². The summed E-state index contributed by atoms with van der Waals surface area (Å²) in [4.78, 5) is 0. The van der Waals surface area contributed by atoms with Gasteiger partial charge in [-0.25, -0.2) is 0 Å². The summed E-state index contributed by atoms with van der Waals surface area (Å²) >= 11 is 0. The van der Waals surface area contributed by atoms with Gasteiger partial charge in [-0.3, -0.25) is 0 Å². The highest BCUT2D eigenvalue weighted by Crippen LogP contribution is 2.39. The van der Waals surface area contributed by atoms with Gasteiger partial charge in [0.15, 0.2) is 0 Å². The van der Waals surface area contributed by atoms with Gasteiger partial charge in [0, 0.05) is 11.0 Å². The van der Waals surface area contributed by atoms with Crippen LogP contribution in [0.3, 0.4) is 0 Å². The fraction of sp³-hybridized carbons (Fsp3) is 0.333. The van der Waals surface area contributed by atoms with Crippen LogP contribution in [0.5, 0.6) is 0 Å². The Morgan fingerprint density at radius 1 is 1.25 bits per heavy atom. The van der Waals surface area contributed by atoms with Crippen molar-refractivity contribution >= 4 is 0 Å². The quantitative estimate of drug-likeness (QED) is 0.321. The van der Waals surface area contributed by atoms with Gasteiger partial charge < -0.3 is 4.74 Å². The summed E-state index contributed by atoms with van der Waals surface area (Å²) in [6.07, 6.45) is 19.4. The van der Waals surface area contributed by atoms with Crippen LogP contribution in [-0.4, -0.2) is 0 Å². The molecule has 0 saturated carbocycles. The third-order valence-corrected chi connectivity index (χ3v) is 5.01. The van der Waals surface area contributed by atoms with Crippen molar-refractivity contribution in [3.8, 4) is 0 Å². The van der Waals surface area contributed by atoms with E-state index in [4.69, 9.17) is 4.74 Å². The normalized spacial score (nSPS) is 26.0. The first-order chi connectivity index (χ1) is 13.2. The van der Waals surface area contributed by atoms with E-state index in [9.17, 15) is 0 Å². The van der Waals surface area contributed by atoms with E-state index in [0.29, 0.717) is 5.76 Å². The summed E-state index contributed by atoms with van der Waals surface area (Å²) in [7, 11) is 0. The first-order valence-corrected chi connectivity index (χ1v) is 9.96. The zero-order valence-electron chi connectivity index (χ0n) is 18.5. The number of hydrogen-bond donors (Lipinski definition) is 0. The second-order valence-corrected chi connectivity index (χ2v) is 7.72. The fourth-order valence-electron chi connectivity index (χ4n) is 3.16. The first-order valence-electron chi connectivity index (χ1n) is 9.96. The molecule has 1 atom stereocenters. The Hall–Kier alpha value is -2.54. The number of ether oxygens (including phenoxy) is 1. The first kappa shape index (κ1) is 23.5. The molecule has 0 spiro atoms. The molecule has 1 heterocycles. The Labute approximate surface area is 172 Å². The Kier molecular flexibility index (Phi) is 8.99. The van der Waals surface area contributed by atoms with Crippen molar-refractivity contribution < 1.29 is 4.74 Å². The van der Waals surface area contributed by atoms with Gasteiger partial charge in [-0.2, -0.15) is 0 Å². The Balaban J connectivity index is 3.78. The molecular weight excluding hydrogens is 340 g/mol. The smallest absolute Gasteiger partial charge is 0.128 e. The van der Waals surface area contributed by atoms with Gasteiger partial charge in [-0.05, 0) is 49.0 Å². The predicted octanol–water partition coefficient (Wildman–Crippen LogP) is 8.16. The minimum absolute atomic E-state index is 0.167. The lowest BCUT2D eigenvalue weighted by Gasteiger charge is -2.27. The van der Waals surface area contributed by atoms with Crippen molar-refractivity contribution in [1.29, 1.82) is 0 Å². The highest BCUT2D eigenvalue weighted by Gasteiger charge is 2.26. The minimum Gasteiger partial charge on any atom is -0.457 e. The molecule has 0 fully saturated rings. The number of hydrogen-bond acceptors (Lipinski definition) is 1. The zero-order chi connectivity index (χ0) is 21.3. The molecule has 0 amide bonds. The molecular formula is C27H36O. The Morgan fingerprint density at radius 3 is 2.50 bits per heavy atom. The van der Waals surface area contributed by atoms with Gasteiger partial charge in [0.25, 0.3) is 0 Å². The van der Waals surface area contributed by atoms with Crippen LogP contribution < -0.4 is 0 Å². The van der Waals surface area contributed by atoms with Gasteiger partial charge >= 0.3 is 0 Å². The lowest BCUT2D eigenvalue weighted by Crippen LogP contribution is -2.14. The van der Waals surface area contributed by atoms with E-state index >= 15 is 0 Å². The lowest BCUT2D eigenvalue weighted by molar-refractivity contribution is 0.323. The van der Waals surface area contributed by atoms with Crippen LogP contribution in [-0.2, 0) is 4.74 Å². The van der Waals surface area contributed by atoms with Crippen LogP contribution in [0.25, 0.3) is 0 Å². The molecule has 0 aromatic rings. The van der Waals surface area contributed by atoms with Crippen molar-refractivity contribution in [3.63, 3.8) is 0 Å². The van der Waals surface area contributed by atoms with Crippen LogP contribution >= 0.6 is 0 Å². The van der Waals surface area contributed by atoms with Crippen LogP contribution in [0.4, 0.5) is 0 Å². The third kappa shape index (κ3) is 5.99. The van der Waals surface area contributed by atoms with Gasteiger partial charge in [0.05, 0.1) is 0 Å². The van der Waals surface area contributed by atoms with E-state index in [1.807, 2.05) is 18.2 Å². The molecule has 1 unspecified atom stereocenters. The topological polar surface area (TPSA) is 9.23 Å². The maximum Gasteiger partial charge on any atom is 0.128 e. The molecule has 0 aliphatic carbocycles. The minimum atomic E-state index is -0.167. The number of rotatable bonds is 7. The summed E-state index contributed by atoms with van der Waals surface area (Å²) in [5.74, 6) is 1.70. The Bertz CT molecular complexity index is 788. The lowest BCUT2D eigenvalue weighted by atomic mass is 9.78. The SMILES string of the molecule is C=C/C=C\C1=C(/C)C(C)\C=C/C(C(C)(C)/C=C/CC)=C(/C(C)=C/C=C)C(=C)O1. The van der Waals surface area contributed by atoms with Crippen molar-refractivity contribution in [2.24, 2.45) is 11.3 Å². The van der Waals surface area contributed by atoms with Crippen LogP contribution in [0.1, 0.15) is 48.0 Å².